The Bertz CT molecular complexity index is 1280. The number of fused-ring (bicyclic) bond motifs is 2. The molecule has 0 radical (unpaired) electrons. The minimum Gasteiger partial charge on any atom is -0.494 e. The highest BCUT2D eigenvalue weighted by Crippen LogP contribution is 2.45. The second kappa shape index (κ2) is 9.53. The number of rotatable bonds is 7. The summed E-state index contributed by atoms with van der Waals surface area (Å²) in [6, 6.07) is 11.7. The zero-order valence-corrected chi connectivity index (χ0v) is 20.3. The number of amides is 1. The van der Waals surface area contributed by atoms with Gasteiger partial charge in [-0.3, -0.25) is 4.79 Å². The molecule has 0 unspecified atom stereocenters. The van der Waals surface area contributed by atoms with E-state index in [1.54, 1.807) is 11.3 Å². The number of aryl methyl sites for hydroxylation is 1. The number of nitrogens with one attached hydrogen (secondary N) is 1. The molecular formula is C26H27N3O2S2. The van der Waals surface area contributed by atoms with Gasteiger partial charge in [0.15, 0.2) is 0 Å². The highest BCUT2D eigenvalue weighted by atomic mass is 32.1. The molecule has 1 aromatic carbocycles. The Balaban J connectivity index is 1.47. The molecule has 0 saturated carbocycles. The van der Waals surface area contributed by atoms with Crippen LogP contribution in [0.15, 0.2) is 41.8 Å². The van der Waals surface area contributed by atoms with Crippen LogP contribution in [0.5, 0.6) is 5.75 Å². The first kappa shape index (κ1) is 21.9. The van der Waals surface area contributed by atoms with E-state index in [-0.39, 0.29) is 5.91 Å². The molecule has 3 N–H and O–H groups in total. The molecular weight excluding hydrogens is 450 g/mol. The number of nitrogens with two attached hydrogens (primary N) is 1. The quantitative estimate of drug-likeness (QED) is 0.283. The third-order valence-corrected chi connectivity index (χ3v) is 7.99. The van der Waals surface area contributed by atoms with E-state index in [1.807, 2.05) is 24.3 Å². The molecule has 33 heavy (non-hydrogen) atoms. The van der Waals surface area contributed by atoms with Gasteiger partial charge in [-0.05, 0) is 73.4 Å². The molecule has 5 rings (SSSR count). The van der Waals surface area contributed by atoms with Gasteiger partial charge in [-0.15, -0.1) is 22.7 Å². The van der Waals surface area contributed by atoms with Crippen LogP contribution >= 0.6 is 22.7 Å². The van der Waals surface area contributed by atoms with Crippen molar-refractivity contribution in [1.29, 1.82) is 0 Å². The maximum absolute atomic E-state index is 13.2. The molecule has 1 aliphatic carbocycles. The summed E-state index contributed by atoms with van der Waals surface area (Å²) < 4.78 is 5.71. The molecule has 0 spiro atoms. The topological polar surface area (TPSA) is 77.2 Å². The standard InChI is InChI=1S/C26H27N3O2S2/c1-2-3-14-31-17-12-10-16(11-13-17)28-25(30)24-23(27)22-21(20-9-6-15-32-20)18-7-4-5-8-19(18)29-26(22)33-24/h6,9-13,15H,2-5,7-8,14,27H2,1H3,(H,28,30). The van der Waals surface area contributed by atoms with Gasteiger partial charge in [-0.25, -0.2) is 4.98 Å². The number of nitrogen functional groups attached to an aromatic ring is 1. The van der Waals surface area contributed by atoms with Crippen molar-refractivity contribution in [1.82, 2.24) is 4.98 Å². The van der Waals surface area contributed by atoms with E-state index < -0.39 is 0 Å². The molecule has 0 saturated heterocycles. The highest BCUT2D eigenvalue weighted by molar-refractivity contribution is 7.21. The van der Waals surface area contributed by atoms with Gasteiger partial charge < -0.3 is 15.8 Å². The van der Waals surface area contributed by atoms with Crippen molar-refractivity contribution in [2.75, 3.05) is 17.7 Å². The molecule has 5 nitrogen and oxygen atoms in total. The van der Waals surface area contributed by atoms with Crippen molar-refractivity contribution < 1.29 is 9.53 Å². The van der Waals surface area contributed by atoms with Crippen LogP contribution in [-0.2, 0) is 12.8 Å². The molecule has 0 atom stereocenters. The van der Waals surface area contributed by atoms with Gasteiger partial charge in [-0.2, -0.15) is 0 Å². The van der Waals surface area contributed by atoms with Crippen LogP contribution in [0.2, 0.25) is 0 Å². The summed E-state index contributed by atoms with van der Waals surface area (Å²) >= 11 is 3.09. The monoisotopic (exact) mass is 477 g/mol. The molecule has 4 aromatic rings. The van der Waals surface area contributed by atoms with E-state index >= 15 is 0 Å². The maximum atomic E-state index is 13.2. The van der Waals surface area contributed by atoms with E-state index in [4.69, 9.17) is 15.5 Å². The number of nitrogens with zero attached hydrogens (tertiary/aromatic N) is 1. The zero-order valence-electron chi connectivity index (χ0n) is 18.6. The first-order valence-electron chi connectivity index (χ1n) is 11.5. The Labute approximate surface area is 201 Å². The summed E-state index contributed by atoms with van der Waals surface area (Å²) in [5.74, 6) is 0.600. The number of pyridine rings is 1. The lowest BCUT2D eigenvalue weighted by molar-refractivity contribution is 0.103. The number of carbonyl (C=O) groups excluding carboxylic acids is 1. The van der Waals surface area contributed by atoms with Gasteiger partial charge in [0.05, 0.1) is 12.3 Å². The van der Waals surface area contributed by atoms with Crippen molar-refractivity contribution in [3.63, 3.8) is 0 Å². The third kappa shape index (κ3) is 4.35. The summed E-state index contributed by atoms with van der Waals surface area (Å²) in [5, 5.41) is 6.00. The SMILES string of the molecule is CCCCOc1ccc(NC(=O)c2sc3nc4c(c(-c5cccs5)c3c2N)CCCC4)cc1. The normalized spacial score (nSPS) is 13.1. The lowest BCUT2D eigenvalue weighted by atomic mass is 9.90. The van der Waals surface area contributed by atoms with Gasteiger partial charge in [-0.1, -0.05) is 19.4 Å². The average Bonchev–Trinajstić information content (AvgIpc) is 3.47. The van der Waals surface area contributed by atoms with E-state index in [2.05, 4.69) is 29.8 Å². The molecule has 3 aromatic heterocycles. The number of benzene rings is 1. The summed E-state index contributed by atoms with van der Waals surface area (Å²) in [5.41, 5.74) is 11.5. The molecule has 7 heteroatoms. The molecule has 0 fully saturated rings. The minimum absolute atomic E-state index is 0.203. The second-order valence-corrected chi connectivity index (χ2v) is 10.2. The number of aromatic nitrogens is 1. The largest absolute Gasteiger partial charge is 0.494 e. The first-order valence-corrected chi connectivity index (χ1v) is 13.2. The van der Waals surface area contributed by atoms with Crippen LogP contribution in [0, 0.1) is 0 Å². The number of ether oxygens (including phenoxy) is 1. The number of hydrogen-bond donors (Lipinski definition) is 2. The lowest BCUT2D eigenvalue weighted by Gasteiger charge is -2.19. The summed E-state index contributed by atoms with van der Waals surface area (Å²) in [4.78, 5) is 20.7. The number of carbonyl (C=O) groups is 1. The van der Waals surface area contributed by atoms with Crippen molar-refractivity contribution in [2.24, 2.45) is 0 Å². The van der Waals surface area contributed by atoms with Crippen LogP contribution in [0.4, 0.5) is 11.4 Å². The van der Waals surface area contributed by atoms with Crippen LogP contribution in [-0.4, -0.2) is 17.5 Å². The van der Waals surface area contributed by atoms with Crippen LogP contribution in [0.25, 0.3) is 20.7 Å². The summed E-state index contributed by atoms with van der Waals surface area (Å²) in [6.45, 7) is 2.83. The van der Waals surface area contributed by atoms with E-state index in [1.165, 1.54) is 27.3 Å². The van der Waals surface area contributed by atoms with Gasteiger partial charge in [0.25, 0.3) is 5.91 Å². The number of anilines is 2. The fourth-order valence-corrected chi connectivity index (χ4v) is 6.15. The summed E-state index contributed by atoms with van der Waals surface area (Å²) in [7, 11) is 0. The molecule has 3 heterocycles. The number of hydrogen-bond acceptors (Lipinski definition) is 6. The fraction of sp³-hybridized carbons (Fsp3) is 0.308. The number of thiophene rings is 2. The van der Waals surface area contributed by atoms with E-state index in [0.717, 1.165) is 60.2 Å². The Hall–Kier alpha value is -2.90. The Morgan fingerprint density at radius 2 is 2.00 bits per heavy atom. The van der Waals surface area contributed by atoms with E-state index in [0.29, 0.717) is 22.9 Å². The Kier molecular flexibility index (Phi) is 6.33. The molecule has 1 aliphatic rings. The second-order valence-electron chi connectivity index (χ2n) is 8.30. The van der Waals surface area contributed by atoms with Crippen molar-refractivity contribution in [3.05, 3.63) is 57.9 Å². The molecule has 0 aliphatic heterocycles. The van der Waals surface area contributed by atoms with Crippen molar-refractivity contribution in [3.8, 4) is 16.2 Å². The van der Waals surface area contributed by atoms with Gasteiger partial charge in [0.1, 0.15) is 15.5 Å². The minimum atomic E-state index is -0.203. The predicted molar refractivity (Wildman–Crippen MR) is 139 cm³/mol. The lowest BCUT2D eigenvalue weighted by Crippen LogP contribution is -2.12. The van der Waals surface area contributed by atoms with Gasteiger partial charge in [0, 0.05) is 27.2 Å². The van der Waals surface area contributed by atoms with Crippen molar-refractivity contribution in [2.45, 2.75) is 45.4 Å². The zero-order chi connectivity index (χ0) is 22.8. The Morgan fingerprint density at radius 1 is 1.18 bits per heavy atom. The molecule has 0 bridgehead atoms. The molecule has 1 amide bonds. The van der Waals surface area contributed by atoms with Gasteiger partial charge >= 0.3 is 0 Å². The van der Waals surface area contributed by atoms with Crippen molar-refractivity contribution >= 4 is 50.2 Å². The third-order valence-electron chi connectivity index (χ3n) is 6.01. The fourth-order valence-electron chi connectivity index (χ4n) is 4.33. The summed E-state index contributed by atoms with van der Waals surface area (Å²) in [6.07, 6.45) is 6.42. The van der Waals surface area contributed by atoms with Crippen LogP contribution in [0.3, 0.4) is 0 Å². The maximum Gasteiger partial charge on any atom is 0.267 e. The first-order chi connectivity index (χ1) is 16.2. The van der Waals surface area contributed by atoms with Crippen LogP contribution < -0.4 is 15.8 Å². The number of unbranched alkanes of at least 4 members (excludes halogenated alkanes) is 1. The smallest absolute Gasteiger partial charge is 0.267 e. The average molecular weight is 478 g/mol. The van der Waals surface area contributed by atoms with E-state index in [9.17, 15) is 4.79 Å². The Morgan fingerprint density at radius 3 is 2.76 bits per heavy atom. The predicted octanol–water partition coefficient (Wildman–Crippen LogP) is 6.92. The molecule has 170 valence electrons. The van der Waals surface area contributed by atoms with Crippen LogP contribution in [0.1, 0.15) is 53.5 Å². The highest BCUT2D eigenvalue weighted by Gasteiger charge is 2.26. The van der Waals surface area contributed by atoms with Gasteiger partial charge in [0.2, 0.25) is 0 Å².